The molecule has 0 radical (unpaired) electrons. The number of amides is 1. The molecule has 0 aliphatic carbocycles. The molecule has 2 aromatic rings. The Morgan fingerprint density at radius 3 is 3.06 bits per heavy atom. The first-order valence-corrected chi connectivity index (χ1v) is 5.81. The SMILES string of the molecule is O=C(Cl)CCCNC(=O)c1cnn2cccnc12. The summed E-state index contributed by atoms with van der Waals surface area (Å²) in [7, 11) is 0. The molecule has 18 heavy (non-hydrogen) atoms. The summed E-state index contributed by atoms with van der Waals surface area (Å²) in [6, 6.07) is 1.73. The van der Waals surface area contributed by atoms with E-state index in [1.165, 1.54) is 10.7 Å². The molecule has 0 saturated carbocycles. The standard InChI is InChI=1S/C11H11ClN4O2/c12-9(17)3-1-4-14-11(18)8-7-15-16-6-2-5-13-10(8)16/h2,5-7H,1,3-4H2,(H,14,18). The Morgan fingerprint density at radius 2 is 2.28 bits per heavy atom. The van der Waals surface area contributed by atoms with Crippen LogP contribution < -0.4 is 5.32 Å². The third-order valence-electron chi connectivity index (χ3n) is 2.36. The van der Waals surface area contributed by atoms with Gasteiger partial charge in [0.1, 0.15) is 5.56 Å². The summed E-state index contributed by atoms with van der Waals surface area (Å²) in [6.45, 7) is 0.390. The normalized spacial score (nSPS) is 10.5. The summed E-state index contributed by atoms with van der Waals surface area (Å²) in [5.41, 5.74) is 0.913. The van der Waals surface area contributed by atoms with Crippen molar-refractivity contribution in [2.45, 2.75) is 12.8 Å². The van der Waals surface area contributed by atoms with Crippen LogP contribution >= 0.6 is 11.6 Å². The van der Waals surface area contributed by atoms with Crippen LogP contribution in [0.25, 0.3) is 5.65 Å². The van der Waals surface area contributed by atoms with Crippen molar-refractivity contribution in [1.82, 2.24) is 19.9 Å². The van der Waals surface area contributed by atoms with Crippen molar-refractivity contribution in [1.29, 1.82) is 0 Å². The fraction of sp³-hybridized carbons (Fsp3) is 0.273. The second-order valence-electron chi connectivity index (χ2n) is 3.66. The number of hydrogen-bond acceptors (Lipinski definition) is 4. The highest BCUT2D eigenvalue weighted by atomic mass is 35.5. The van der Waals surface area contributed by atoms with E-state index < -0.39 is 5.24 Å². The van der Waals surface area contributed by atoms with Crippen molar-refractivity contribution in [3.05, 3.63) is 30.2 Å². The molecule has 1 amide bonds. The Hall–Kier alpha value is -1.95. The summed E-state index contributed by atoms with van der Waals surface area (Å²) >= 11 is 5.20. The van der Waals surface area contributed by atoms with Gasteiger partial charge in [-0.05, 0) is 24.1 Å². The van der Waals surface area contributed by atoms with Crippen LogP contribution in [-0.2, 0) is 4.79 Å². The first-order valence-electron chi connectivity index (χ1n) is 5.43. The Kier molecular flexibility index (Phi) is 3.88. The van der Waals surface area contributed by atoms with E-state index >= 15 is 0 Å². The minimum absolute atomic E-state index is 0.245. The molecule has 0 saturated heterocycles. The smallest absolute Gasteiger partial charge is 0.256 e. The van der Waals surface area contributed by atoms with Gasteiger partial charge in [0, 0.05) is 25.4 Å². The summed E-state index contributed by atoms with van der Waals surface area (Å²) in [4.78, 5) is 26.4. The average Bonchev–Trinajstić information content (AvgIpc) is 2.78. The van der Waals surface area contributed by atoms with Crippen LogP contribution in [0.2, 0.25) is 0 Å². The zero-order valence-corrected chi connectivity index (χ0v) is 10.2. The van der Waals surface area contributed by atoms with Gasteiger partial charge >= 0.3 is 0 Å². The molecule has 1 N–H and O–H groups in total. The van der Waals surface area contributed by atoms with Crippen molar-refractivity contribution in [3.63, 3.8) is 0 Å². The number of halogens is 1. The van der Waals surface area contributed by atoms with Gasteiger partial charge in [-0.15, -0.1) is 0 Å². The molecule has 0 atom stereocenters. The lowest BCUT2D eigenvalue weighted by atomic mass is 10.3. The number of carbonyl (C=O) groups excluding carboxylic acids is 2. The molecule has 0 fully saturated rings. The number of hydrogen-bond donors (Lipinski definition) is 1. The molecule has 94 valence electrons. The molecular weight excluding hydrogens is 256 g/mol. The topological polar surface area (TPSA) is 76.4 Å². The summed E-state index contributed by atoms with van der Waals surface area (Å²) in [6.07, 6.45) is 5.53. The average molecular weight is 267 g/mol. The predicted molar refractivity (Wildman–Crippen MR) is 65.4 cm³/mol. The molecule has 0 aliphatic heterocycles. The van der Waals surface area contributed by atoms with Gasteiger partial charge in [0.25, 0.3) is 5.91 Å². The quantitative estimate of drug-likeness (QED) is 0.647. The van der Waals surface area contributed by atoms with Gasteiger partial charge < -0.3 is 5.32 Å². The molecule has 0 spiro atoms. The minimum atomic E-state index is -0.401. The Morgan fingerprint density at radius 1 is 1.44 bits per heavy atom. The molecule has 0 aromatic carbocycles. The first kappa shape index (κ1) is 12.5. The van der Waals surface area contributed by atoms with Crippen LogP contribution in [0.4, 0.5) is 0 Å². The van der Waals surface area contributed by atoms with Gasteiger partial charge in [0.05, 0.1) is 6.20 Å². The van der Waals surface area contributed by atoms with E-state index in [2.05, 4.69) is 15.4 Å². The minimum Gasteiger partial charge on any atom is -0.352 e. The second kappa shape index (κ2) is 5.59. The second-order valence-corrected chi connectivity index (χ2v) is 4.08. The van der Waals surface area contributed by atoms with Crippen LogP contribution in [0.1, 0.15) is 23.2 Å². The zero-order valence-electron chi connectivity index (χ0n) is 9.47. The molecule has 2 heterocycles. The lowest BCUT2D eigenvalue weighted by molar-refractivity contribution is -0.111. The molecule has 2 rings (SSSR count). The maximum absolute atomic E-state index is 11.8. The van der Waals surface area contributed by atoms with E-state index in [9.17, 15) is 9.59 Å². The van der Waals surface area contributed by atoms with Crippen LogP contribution in [-0.4, -0.2) is 32.3 Å². The maximum Gasteiger partial charge on any atom is 0.256 e. The third kappa shape index (κ3) is 2.84. The number of rotatable bonds is 5. The summed E-state index contributed by atoms with van der Waals surface area (Å²) < 4.78 is 1.53. The molecule has 0 unspecified atom stereocenters. The van der Waals surface area contributed by atoms with Gasteiger partial charge in [-0.25, -0.2) is 9.50 Å². The number of aromatic nitrogens is 3. The molecular formula is C11H11ClN4O2. The van der Waals surface area contributed by atoms with E-state index in [0.717, 1.165) is 0 Å². The van der Waals surface area contributed by atoms with Crippen molar-refractivity contribution in [2.24, 2.45) is 0 Å². The molecule has 0 bridgehead atoms. The zero-order chi connectivity index (χ0) is 13.0. The lowest BCUT2D eigenvalue weighted by Gasteiger charge is -2.02. The third-order valence-corrected chi connectivity index (χ3v) is 2.55. The van der Waals surface area contributed by atoms with Gasteiger partial charge in [-0.1, -0.05) is 0 Å². The number of nitrogens with zero attached hydrogens (tertiary/aromatic N) is 3. The van der Waals surface area contributed by atoms with E-state index in [-0.39, 0.29) is 12.3 Å². The molecule has 6 nitrogen and oxygen atoms in total. The Balaban J connectivity index is 1.99. The van der Waals surface area contributed by atoms with Crippen molar-refractivity contribution < 1.29 is 9.59 Å². The van der Waals surface area contributed by atoms with Gasteiger partial charge in [-0.3, -0.25) is 9.59 Å². The van der Waals surface area contributed by atoms with Crippen LogP contribution in [0.5, 0.6) is 0 Å². The number of carbonyl (C=O) groups is 2. The summed E-state index contributed by atoms with van der Waals surface area (Å²) in [5, 5.41) is 6.30. The van der Waals surface area contributed by atoms with Gasteiger partial charge in [0.15, 0.2) is 5.65 Å². The van der Waals surface area contributed by atoms with E-state index in [1.807, 2.05) is 0 Å². The Bertz CT molecular complexity index is 581. The van der Waals surface area contributed by atoms with Crippen molar-refractivity contribution >= 4 is 28.4 Å². The first-order chi connectivity index (χ1) is 8.68. The van der Waals surface area contributed by atoms with Crippen LogP contribution in [0.3, 0.4) is 0 Å². The van der Waals surface area contributed by atoms with Crippen molar-refractivity contribution in [3.8, 4) is 0 Å². The summed E-state index contributed by atoms with van der Waals surface area (Å²) in [5.74, 6) is -0.259. The highest BCUT2D eigenvalue weighted by Gasteiger charge is 2.12. The van der Waals surface area contributed by atoms with E-state index in [0.29, 0.717) is 24.2 Å². The monoisotopic (exact) mass is 266 g/mol. The van der Waals surface area contributed by atoms with Gasteiger partial charge in [0.2, 0.25) is 5.24 Å². The maximum atomic E-state index is 11.8. The molecule has 2 aromatic heterocycles. The predicted octanol–water partition coefficient (Wildman–Crippen LogP) is 1.00. The van der Waals surface area contributed by atoms with Crippen LogP contribution in [0.15, 0.2) is 24.7 Å². The van der Waals surface area contributed by atoms with Crippen LogP contribution in [0, 0.1) is 0 Å². The fourth-order valence-corrected chi connectivity index (χ4v) is 1.65. The number of nitrogens with one attached hydrogen (secondary N) is 1. The van der Waals surface area contributed by atoms with E-state index in [4.69, 9.17) is 11.6 Å². The molecule has 0 aliphatic rings. The lowest BCUT2D eigenvalue weighted by Crippen LogP contribution is -2.24. The Labute approximate surface area is 108 Å². The number of fused-ring (bicyclic) bond motifs is 1. The van der Waals surface area contributed by atoms with Crippen molar-refractivity contribution in [2.75, 3.05) is 6.54 Å². The molecule has 7 heteroatoms. The largest absolute Gasteiger partial charge is 0.352 e. The van der Waals surface area contributed by atoms with Gasteiger partial charge in [-0.2, -0.15) is 5.10 Å². The van der Waals surface area contributed by atoms with E-state index in [1.54, 1.807) is 18.5 Å². The highest BCUT2D eigenvalue weighted by molar-refractivity contribution is 6.63. The highest BCUT2D eigenvalue weighted by Crippen LogP contribution is 2.06. The fourth-order valence-electron chi connectivity index (χ4n) is 1.51.